The monoisotopic (exact) mass is 292 g/mol. The first-order valence-corrected chi connectivity index (χ1v) is 7.86. The first-order chi connectivity index (χ1) is 10.1. The van der Waals surface area contributed by atoms with Crippen molar-refractivity contribution >= 4 is 5.97 Å². The van der Waals surface area contributed by atoms with Gasteiger partial charge in [0.2, 0.25) is 0 Å². The van der Waals surface area contributed by atoms with Gasteiger partial charge >= 0.3 is 5.97 Å². The molecule has 0 amide bonds. The van der Waals surface area contributed by atoms with Crippen molar-refractivity contribution < 1.29 is 19.2 Å². The average Bonchev–Trinajstić information content (AvgIpc) is 2.47. The van der Waals surface area contributed by atoms with Crippen LogP contribution < -0.4 is 9.64 Å². The van der Waals surface area contributed by atoms with E-state index in [2.05, 4.69) is 0 Å². The SMILES string of the molecule is Cc1ccc(OCC(=O)O[C@H](C)C[NH+]2CCCCC2)cc1. The Kier molecular flexibility index (Phi) is 6.05. The number of quaternary nitrogens is 1. The summed E-state index contributed by atoms with van der Waals surface area (Å²) >= 11 is 0. The fourth-order valence-corrected chi connectivity index (χ4v) is 2.74. The number of hydrogen-bond donors (Lipinski definition) is 1. The molecule has 1 saturated heterocycles. The molecule has 0 bridgehead atoms. The number of ether oxygens (including phenoxy) is 2. The summed E-state index contributed by atoms with van der Waals surface area (Å²) in [6, 6.07) is 7.65. The summed E-state index contributed by atoms with van der Waals surface area (Å²) in [5.74, 6) is 0.409. The summed E-state index contributed by atoms with van der Waals surface area (Å²) in [6.07, 6.45) is 3.86. The van der Waals surface area contributed by atoms with Gasteiger partial charge in [0.05, 0.1) is 13.1 Å². The van der Waals surface area contributed by atoms with Crippen LogP contribution in [0.15, 0.2) is 24.3 Å². The first-order valence-electron chi connectivity index (χ1n) is 7.86. The fraction of sp³-hybridized carbons (Fsp3) is 0.588. The zero-order valence-corrected chi connectivity index (χ0v) is 13.1. The van der Waals surface area contributed by atoms with Crippen LogP contribution in [0.25, 0.3) is 0 Å². The van der Waals surface area contributed by atoms with Gasteiger partial charge in [-0.25, -0.2) is 4.79 Å². The summed E-state index contributed by atoms with van der Waals surface area (Å²) in [4.78, 5) is 13.3. The molecule has 4 nitrogen and oxygen atoms in total. The zero-order valence-electron chi connectivity index (χ0n) is 13.1. The quantitative estimate of drug-likeness (QED) is 0.805. The second-order valence-corrected chi connectivity index (χ2v) is 5.92. The molecule has 1 aromatic carbocycles. The van der Waals surface area contributed by atoms with Crippen LogP contribution in [-0.2, 0) is 9.53 Å². The third-order valence-corrected chi connectivity index (χ3v) is 3.85. The Hall–Kier alpha value is -1.55. The van der Waals surface area contributed by atoms with Crippen molar-refractivity contribution in [1.29, 1.82) is 0 Å². The average molecular weight is 292 g/mol. The molecule has 1 aromatic rings. The molecule has 2 rings (SSSR count). The molecule has 1 heterocycles. The van der Waals surface area contributed by atoms with Crippen LogP contribution in [0.3, 0.4) is 0 Å². The van der Waals surface area contributed by atoms with Crippen molar-refractivity contribution in [2.45, 2.75) is 39.2 Å². The fourth-order valence-electron chi connectivity index (χ4n) is 2.74. The number of esters is 1. The van der Waals surface area contributed by atoms with E-state index in [1.54, 1.807) is 4.90 Å². The number of carbonyl (C=O) groups is 1. The van der Waals surface area contributed by atoms with Gasteiger partial charge in [-0.15, -0.1) is 0 Å². The van der Waals surface area contributed by atoms with Gasteiger partial charge in [0.1, 0.15) is 18.4 Å². The second-order valence-electron chi connectivity index (χ2n) is 5.92. The number of aryl methyl sites for hydroxylation is 1. The smallest absolute Gasteiger partial charge is 0.344 e. The predicted molar refractivity (Wildman–Crippen MR) is 81.6 cm³/mol. The molecule has 1 N–H and O–H groups in total. The number of likely N-dealkylation sites (tertiary alicyclic amines) is 1. The van der Waals surface area contributed by atoms with Gasteiger partial charge < -0.3 is 14.4 Å². The number of benzene rings is 1. The summed E-state index contributed by atoms with van der Waals surface area (Å²) < 4.78 is 10.8. The van der Waals surface area contributed by atoms with E-state index < -0.39 is 0 Å². The Morgan fingerprint density at radius 3 is 2.52 bits per heavy atom. The number of nitrogens with one attached hydrogen (secondary N) is 1. The van der Waals surface area contributed by atoms with E-state index in [1.165, 1.54) is 37.9 Å². The van der Waals surface area contributed by atoms with Crippen molar-refractivity contribution in [3.05, 3.63) is 29.8 Å². The molecule has 1 aliphatic heterocycles. The van der Waals surface area contributed by atoms with Gasteiger partial charge in [0.25, 0.3) is 0 Å². The zero-order chi connectivity index (χ0) is 15.1. The van der Waals surface area contributed by atoms with Crippen LogP contribution >= 0.6 is 0 Å². The van der Waals surface area contributed by atoms with E-state index >= 15 is 0 Å². The molecular weight excluding hydrogens is 266 g/mol. The molecule has 0 spiro atoms. The molecule has 116 valence electrons. The van der Waals surface area contributed by atoms with Gasteiger partial charge in [-0.2, -0.15) is 0 Å². The first kappa shape index (κ1) is 15.8. The Labute approximate surface area is 127 Å². The van der Waals surface area contributed by atoms with E-state index in [0.29, 0.717) is 5.75 Å². The van der Waals surface area contributed by atoms with Crippen molar-refractivity contribution in [2.75, 3.05) is 26.2 Å². The van der Waals surface area contributed by atoms with Crippen LogP contribution in [0.2, 0.25) is 0 Å². The Morgan fingerprint density at radius 2 is 1.86 bits per heavy atom. The minimum Gasteiger partial charge on any atom is -0.482 e. The molecule has 1 atom stereocenters. The molecule has 0 aliphatic carbocycles. The number of carbonyl (C=O) groups excluding carboxylic acids is 1. The number of hydrogen-bond acceptors (Lipinski definition) is 3. The highest BCUT2D eigenvalue weighted by Crippen LogP contribution is 2.11. The van der Waals surface area contributed by atoms with Crippen LogP contribution in [0.1, 0.15) is 31.7 Å². The molecule has 1 fully saturated rings. The van der Waals surface area contributed by atoms with Crippen molar-refractivity contribution in [2.24, 2.45) is 0 Å². The number of rotatable bonds is 6. The van der Waals surface area contributed by atoms with Gasteiger partial charge in [-0.05, 0) is 45.2 Å². The van der Waals surface area contributed by atoms with Gasteiger partial charge in [0.15, 0.2) is 6.61 Å². The van der Waals surface area contributed by atoms with Crippen molar-refractivity contribution in [3.63, 3.8) is 0 Å². The largest absolute Gasteiger partial charge is 0.482 e. The Balaban J connectivity index is 1.67. The molecule has 21 heavy (non-hydrogen) atoms. The lowest BCUT2D eigenvalue weighted by atomic mass is 10.1. The highest BCUT2D eigenvalue weighted by molar-refractivity contribution is 5.71. The van der Waals surface area contributed by atoms with Crippen LogP contribution in [0.5, 0.6) is 5.75 Å². The molecular formula is C17H26NO3+. The van der Waals surface area contributed by atoms with Crippen LogP contribution in [-0.4, -0.2) is 38.3 Å². The van der Waals surface area contributed by atoms with Crippen LogP contribution in [0.4, 0.5) is 0 Å². The minimum atomic E-state index is -0.292. The molecule has 4 heteroatoms. The molecule has 0 radical (unpaired) electrons. The maximum Gasteiger partial charge on any atom is 0.344 e. The predicted octanol–water partition coefficient (Wildman–Crippen LogP) is 1.37. The minimum absolute atomic E-state index is 0.0251. The Bertz CT molecular complexity index is 438. The third kappa shape index (κ3) is 5.76. The van der Waals surface area contributed by atoms with Gasteiger partial charge in [-0.1, -0.05) is 17.7 Å². The van der Waals surface area contributed by atoms with Crippen molar-refractivity contribution in [3.8, 4) is 5.75 Å². The maximum absolute atomic E-state index is 11.8. The highest BCUT2D eigenvalue weighted by Gasteiger charge is 2.19. The normalized spacial score (nSPS) is 17.2. The topological polar surface area (TPSA) is 40.0 Å². The van der Waals surface area contributed by atoms with Gasteiger partial charge in [-0.3, -0.25) is 0 Å². The highest BCUT2D eigenvalue weighted by atomic mass is 16.6. The maximum atomic E-state index is 11.8. The molecule has 1 aliphatic rings. The molecule has 0 saturated carbocycles. The lowest BCUT2D eigenvalue weighted by Gasteiger charge is -2.26. The second kappa shape index (κ2) is 8.03. The van der Waals surface area contributed by atoms with Gasteiger partial charge in [0, 0.05) is 0 Å². The van der Waals surface area contributed by atoms with E-state index in [4.69, 9.17) is 9.47 Å². The summed E-state index contributed by atoms with van der Waals surface area (Å²) in [5.41, 5.74) is 1.17. The standard InChI is InChI=1S/C17H25NO3/c1-14-6-8-16(9-7-14)20-13-17(19)21-15(2)12-18-10-4-3-5-11-18/h6-9,15H,3-5,10-13H2,1-2H3/p+1/t15-/m1/s1. The van der Waals surface area contributed by atoms with E-state index in [0.717, 1.165) is 6.54 Å². The Morgan fingerprint density at radius 1 is 1.19 bits per heavy atom. The lowest BCUT2D eigenvalue weighted by Crippen LogP contribution is -3.13. The van der Waals surface area contributed by atoms with E-state index in [1.807, 2.05) is 38.1 Å². The van der Waals surface area contributed by atoms with E-state index in [9.17, 15) is 4.79 Å². The lowest BCUT2D eigenvalue weighted by molar-refractivity contribution is -0.907. The molecule has 0 unspecified atom stereocenters. The van der Waals surface area contributed by atoms with E-state index in [-0.39, 0.29) is 18.7 Å². The van der Waals surface area contributed by atoms with Crippen LogP contribution in [0, 0.1) is 6.92 Å². The summed E-state index contributed by atoms with van der Waals surface area (Å²) in [5, 5.41) is 0. The third-order valence-electron chi connectivity index (χ3n) is 3.85. The van der Waals surface area contributed by atoms with Crippen molar-refractivity contribution in [1.82, 2.24) is 0 Å². The summed E-state index contributed by atoms with van der Waals surface area (Å²) in [7, 11) is 0. The summed E-state index contributed by atoms with van der Waals surface area (Å²) in [6.45, 7) is 7.25. The number of piperidine rings is 1. The molecule has 0 aromatic heterocycles.